The zero-order valence-electron chi connectivity index (χ0n) is 11.3. The third-order valence-corrected chi connectivity index (χ3v) is 2.50. The monoisotopic (exact) mass is 261 g/mol. The van der Waals surface area contributed by atoms with Gasteiger partial charge in [0.1, 0.15) is 5.75 Å². The maximum atomic E-state index is 10.6. The molecule has 0 bridgehead atoms. The van der Waals surface area contributed by atoms with Gasteiger partial charge in [-0.2, -0.15) is 5.26 Å². The maximum absolute atomic E-state index is 10.6. The number of amides is 1. The van der Waals surface area contributed by atoms with Gasteiger partial charge in [-0.3, -0.25) is 4.79 Å². The number of carbonyl (C=O) groups excluding carboxylic acids is 1. The molecule has 0 saturated heterocycles. The van der Waals surface area contributed by atoms with Gasteiger partial charge in [-0.1, -0.05) is 12.1 Å². The lowest BCUT2D eigenvalue weighted by molar-refractivity contribution is -0.119. The number of hydrogen-bond acceptors (Lipinski definition) is 4. The van der Waals surface area contributed by atoms with E-state index in [0.29, 0.717) is 18.8 Å². The highest BCUT2D eigenvalue weighted by atomic mass is 16.5. The van der Waals surface area contributed by atoms with E-state index in [1.54, 1.807) is 12.1 Å². The molecule has 1 aromatic carbocycles. The van der Waals surface area contributed by atoms with Crippen molar-refractivity contribution in [3.8, 4) is 11.8 Å². The Kier molecular flexibility index (Phi) is 5.34. The lowest BCUT2D eigenvalue weighted by atomic mass is 9.96. The van der Waals surface area contributed by atoms with Crippen molar-refractivity contribution in [3.05, 3.63) is 29.8 Å². The Morgan fingerprint density at radius 2 is 2.05 bits per heavy atom. The molecule has 3 N–H and O–H groups in total. The largest absolute Gasteiger partial charge is 0.484 e. The Morgan fingerprint density at radius 1 is 1.42 bits per heavy atom. The van der Waals surface area contributed by atoms with Gasteiger partial charge in [-0.15, -0.1) is 0 Å². The normalized spacial score (nSPS) is 10.8. The third kappa shape index (κ3) is 5.89. The van der Waals surface area contributed by atoms with Crippen LogP contribution in [-0.4, -0.2) is 19.1 Å². The van der Waals surface area contributed by atoms with Crippen LogP contribution in [0, 0.1) is 16.7 Å². The van der Waals surface area contributed by atoms with Crippen LogP contribution in [0.1, 0.15) is 19.4 Å². The number of hydrogen-bond donors (Lipinski definition) is 2. The van der Waals surface area contributed by atoms with Crippen LogP contribution >= 0.6 is 0 Å². The predicted octanol–water partition coefficient (Wildman–Crippen LogP) is 1.19. The van der Waals surface area contributed by atoms with Crippen LogP contribution in [0.4, 0.5) is 0 Å². The van der Waals surface area contributed by atoms with E-state index >= 15 is 0 Å². The quantitative estimate of drug-likeness (QED) is 0.771. The van der Waals surface area contributed by atoms with Crippen LogP contribution in [-0.2, 0) is 11.3 Å². The highest BCUT2D eigenvalue weighted by Crippen LogP contribution is 2.13. The molecule has 0 aliphatic rings. The minimum atomic E-state index is -0.496. The average molecular weight is 261 g/mol. The van der Waals surface area contributed by atoms with E-state index in [1.165, 1.54) is 0 Å². The Morgan fingerprint density at radius 3 is 2.58 bits per heavy atom. The molecule has 0 saturated carbocycles. The average Bonchev–Trinajstić information content (AvgIpc) is 2.37. The van der Waals surface area contributed by atoms with E-state index in [0.717, 1.165) is 5.56 Å². The molecule has 0 atom stereocenters. The standard InChI is InChI=1S/C14H19N3O2/c1-14(2,9-15)10-17-7-11-3-5-12(6-4-11)19-8-13(16)18/h3-6,17H,7-8,10H2,1-2H3,(H2,16,18). The molecule has 1 rings (SSSR count). The first-order valence-corrected chi connectivity index (χ1v) is 6.05. The summed E-state index contributed by atoms with van der Waals surface area (Å²) in [5, 5.41) is 12.1. The predicted molar refractivity (Wildman–Crippen MR) is 72.2 cm³/mol. The first-order valence-electron chi connectivity index (χ1n) is 6.05. The molecular weight excluding hydrogens is 242 g/mol. The molecule has 0 aliphatic heterocycles. The van der Waals surface area contributed by atoms with Crippen LogP contribution in [0.2, 0.25) is 0 Å². The molecule has 0 aromatic heterocycles. The number of carbonyl (C=O) groups is 1. The summed E-state index contributed by atoms with van der Waals surface area (Å²) in [6.07, 6.45) is 0. The SMILES string of the molecule is CC(C)(C#N)CNCc1ccc(OCC(N)=O)cc1. The van der Waals surface area contributed by atoms with Crippen molar-refractivity contribution in [3.63, 3.8) is 0 Å². The number of nitrogens with two attached hydrogens (primary N) is 1. The highest BCUT2D eigenvalue weighted by molar-refractivity contribution is 5.75. The lowest BCUT2D eigenvalue weighted by Crippen LogP contribution is -2.27. The zero-order chi connectivity index (χ0) is 14.3. The Labute approximate surface area is 113 Å². The van der Waals surface area contributed by atoms with Gasteiger partial charge < -0.3 is 15.8 Å². The van der Waals surface area contributed by atoms with Crippen LogP contribution in [0.15, 0.2) is 24.3 Å². The van der Waals surface area contributed by atoms with Crippen molar-refractivity contribution >= 4 is 5.91 Å². The second-order valence-corrected chi connectivity index (χ2v) is 5.00. The summed E-state index contributed by atoms with van der Waals surface area (Å²) in [5.41, 5.74) is 5.70. The van der Waals surface area contributed by atoms with Gasteiger partial charge >= 0.3 is 0 Å². The number of primary amides is 1. The van der Waals surface area contributed by atoms with E-state index in [4.69, 9.17) is 15.7 Å². The third-order valence-electron chi connectivity index (χ3n) is 2.50. The van der Waals surface area contributed by atoms with Gasteiger partial charge in [-0.05, 0) is 31.5 Å². The first-order chi connectivity index (χ1) is 8.93. The number of nitriles is 1. The van der Waals surface area contributed by atoms with Gasteiger partial charge in [-0.25, -0.2) is 0 Å². The molecule has 1 amide bonds. The van der Waals surface area contributed by atoms with Gasteiger partial charge in [0.15, 0.2) is 6.61 Å². The Bertz CT molecular complexity index is 461. The minimum absolute atomic E-state index is 0.117. The van der Waals surface area contributed by atoms with Gasteiger partial charge in [0, 0.05) is 13.1 Å². The highest BCUT2D eigenvalue weighted by Gasteiger charge is 2.15. The summed E-state index contributed by atoms with van der Waals surface area (Å²) in [5.74, 6) is 0.115. The van der Waals surface area contributed by atoms with Gasteiger partial charge in [0.2, 0.25) is 0 Å². The number of benzene rings is 1. The van der Waals surface area contributed by atoms with Crippen LogP contribution in [0.5, 0.6) is 5.75 Å². The second kappa shape index (κ2) is 6.76. The smallest absolute Gasteiger partial charge is 0.255 e. The number of ether oxygens (including phenoxy) is 1. The molecular formula is C14H19N3O2. The van der Waals surface area contributed by atoms with Crippen LogP contribution in [0.3, 0.4) is 0 Å². The molecule has 0 radical (unpaired) electrons. The van der Waals surface area contributed by atoms with E-state index in [-0.39, 0.29) is 12.0 Å². The second-order valence-electron chi connectivity index (χ2n) is 5.00. The number of rotatable bonds is 7. The van der Waals surface area contributed by atoms with Gasteiger partial charge in [0.05, 0.1) is 11.5 Å². The molecule has 0 spiro atoms. The summed E-state index contributed by atoms with van der Waals surface area (Å²) >= 11 is 0. The summed E-state index contributed by atoms with van der Waals surface area (Å²) in [6, 6.07) is 9.62. The lowest BCUT2D eigenvalue weighted by Gasteiger charge is -2.15. The summed E-state index contributed by atoms with van der Waals surface area (Å²) in [4.78, 5) is 10.6. The van der Waals surface area contributed by atoms with Crippen molar-refractivity contribution in [1.29, 1.82) is 5.26 Å². The first kappa shape index (κ1) is 15.0. The van der Waals surface area contributed by atoms with Crippen molar-refractivity contribution in [2.45, 2.75) is 20.4 Å². The van der Waals surface area contributed by atoms with Crippen LogP contribution in [0.25, 0.3) is 0 Å². The molecule has 5 nitrogen and oxygen atoms in total. The van der Waals surface area contributed by atoms with E-state index < -0.39 is 5.91 Å². The molecule has 0 heterocycles. The molecule has 5 heteroatoms. The van der Waals surface area contributed by atoms with Crippen LogP contribution < -0.4 is 15.8 Å². The topological polar surface area (TPSA) is 88.1 Å². The minimum Gasteiger partial charge on any atom is -0.484 e. The van der Waals surface area contributed by atoms with Crippen molar-refractivity contribution in [2.75, 3.05) is 13.2 Å². The fourth-order valence-electron chi connectivity index (χ4n) is 1.42. The maximum Gasteiger partial charge on any atom is 0.255 e. The summed E-state index contributed by atoms with van der Waals surface area (Å²) < 4.78 is 5.16. The zero-order valence-corrected chi connectivity index (χ0v) is 11.3. The van der Waals surface area contributed by atoms with Crippen molar-refractivity contribution in [1.82, 2.24) is 5.32 Å². The number of nitrogens with one attached hydrogen (secondary N) is 1. The summed E-state index contributed by atoms with van der Waals surface area (Å²) in [6.45, 7) is 4.97. The summed E-state index contributed by atoms with van der Waals surface area (Å²) in [7, 11) is 0. The fraction of sp³-hybridized carbons (Fsp3) is 0.429. The number of nitrogens with zero attached hydrogens (tertiary/aromatic N) is 1. The van der Waals surface area contributed by atoms with Crippen molar-refractivity contribution < 1.29 is 9.53 Å². The molecule has 1 aromatic rings. The fourth-order valence-corrected chi connectivity index (χ4v) is 1.42. The van der Waals surface area contributed by atoms with E-state index in [9.17, 15) is 4.79 Å². The Hall–Kier alpha value is -2.06. The molecule has 19 heavy (non-hydrogen) atoms. The Balaban J connectivity index is 2.40. The molecule has 102 valence electrons. The molecule has 0 fully saturated rings. The molecule has 0 unspecified atom stereocenters. The molecule has 0 aliphatic carbocycles. The van der Waals surface area contributed by atoms with E-state index in [1.807, 2.05) is 26.0 Å². The van der Waals surface area contributed by atoms with Gasteiger partial charge in [0.25, 0.3) is 5.91 Å². The van der Waals surface area contributed by atoms with Crippen molar-refractivity contribution in [2.24, 2.45) is 11.1 Å². The van der Waals surface area contributed by atoms with E-state index in [2.05, 4.69) is 11.4 Å².